The van der Waals surface area contributed by atoms with Gasteiger partial charge in [0.25, 0.3) is 0 Å². The molecule has 0 saturated carbocycles. The maximum atomic E-state index is 4.09. The van der Waals surface area contributed by atoms with Crippen LogP contribution < -0.4 is 0 Å². The zero-order chi connectivity index (χ0) is 13.5. The van der Waals surface area contributed by atoms with Crippen LogP contribution in [0.15, 0.2) is 12.3 Å². The van der Waals surface area contributed by atoms with E-state index in [4.69, 9.17) is 0 Å². The molecule has 0 aliphatic heterocycles. The smallest absolute Gasteiger partial charge is 0.0314 e. The summed E-state index contributed by atoms with van der Waals surface area (Å²) in [6.45, 7) is 18.8. The average Bonchev–Trinajstić information content (AvgIpc) is 2.14. The van der Waals surface area contributed by atoms with E-state index in [0.29, 0.717) is 0 Å². The number of nitrogens with zero attached hydrogens (tertiary/aromatic N) is 1. The normalized spacial score (nSPS) is 13.5. The third kappa shape index (κ3) is 7.46. The summed E-state index contributed by atoms with van der Waals surface area (Å²) in [4.78, 5) is 2.43. The summed E-state index contributed by atoms with van der Waals surface area (Å²) >= 11 is 0. The lowest BCUT2D eigenvalue weighted by atomic mass is 9.98. The molecular formula is C16H33N. The molecular weight excluding hydrogens is 206 g/mol. The van der Waals surface area contributed by atoms with Gasteiger partial charge < -0.3 is 4.90 Å². The molecule has 0 aromatic carbocycles. The summed E-state index contributed by atoms with van der Waals surface area (Å²) < 4.78 is 0. The Kier molecular flexibility index (Phi) is 7.58. The van der Waals surface area contributed by atoms with E-state index in [1.54, 1.807) is 0 Å². The highest BCUT2D eigenvalue weighted by Gasteiger charge is 2.19. The second-order valence-corrected chi connectivity index (χ2v) is 6.45. The molecule has 17 heavy (non-hydrogen) atoms. The lowest BCUT2D eigenvalue weighted by Crippen LogP contribution is -2.40. The van der Waals surface area contributed by atoms with E-state index in [-0.39, 0.29) is 5.54 Å². The van der Waals surface area contributed by atoms with E-state index >= 15 is 0 Å². The maximum absolute atomic E-state index is 4.09. The predicted molar refractivity (Wildman–Crippen MR) is 79.2 cm³/mol. The molecule has 102 valence electrons. The molecule has 0 N–H and O–H groups in total. The van der Waals surface area contributed by atoms with Gasteiger partial charge in [-0.3, -0.25) is 0 Å². The minimum absolute atomic E-state index is 0.209. The van der Waals surface area contributed by atoms with Gasteiger partial charge in [-0.15, -0.1) is 0 Å². The molecule has 0 bridgehead atoms. The van der Waals surface area contributed by atoms with Gasteiger partial charge in [0.15, 0.2) is 0 Å². The first kappa shape index (κ1) is 16.5. The Hall–Kier alpha value is -0.460. The first-order valence-corrected chi connectivity index (χ1v) is 7.22. The van der Waals surface area contributed by atoms with Gasteiger partial charge in [-0.1, -0.05) is 46.1 Å². The van der Waals surface area contributed by atoms with E-state index in [0.717, 1.165) is 12.5 Å². The van der Waals surface area contributed by atoms with Crippen LogP contribution in [0.2, 0.25) is 0 Å². The third-order valence-corrected chi connectivity index (χ3v) is 3.38. The van der Waals surface area contributed by atoms with Crippen molar-refractivity contribution >= 4 is 0 Å². The van der Waals surface area contributed by atoms with Gasteiger partial charge >= 0.3 is 0 Å². The van der Waals surface area contributed by atoms with Gasteiger partial charge in [0.05, 0.1) is 0 Å². The van der Waals surface area contributed by atoms with Crippen molar-refractivity contribution in [1.29, 1.82) is 0 Å². The Labute approximate surface area is 109 Å². The molecule has 0 saturated heterocycles. The van der Waals surface area contributed by atoms with Gasteiger partial charge in [0.2, 0.25) is 0 Å². The fourth-order valence-electron chi connectivity index (χ4n) is 2.50. The molecule has 0 amide bonds. The molecule has 0 aliphatic rings. The average molecular weight is 239 g/mol. The zero-order valence-electron chi connectivity index (χ0n) is 13.0. The summed E-state index contributed by atoms with van der Waals surface area (Å²) in [5.74, 6) is 0.896. The van der Waals surface area contributed by atoms with E-state index in [9.17, 15) is 0 Å². The first-order chi connectivity index (χ1) is 7.79. The largest absolute Gasteiger partial charge is 0.371 e. The second-order valence-electron chi connectivity index (χ2n) is 6.45. The van der Waals surface area contributed by atoms with Gasteiger partial charge in [-0.2, -0.15) is 0 Å². The minimum Gasteiger partial charge on any atom is -0.371 e. The van der Waals surface area contributed by atoms with Crippen molar-refractivity contribution < 1.29 is 0 Å². The molecule has 0 fully saturated rings. The summed E-state index contributed by atoms with van der Waals surface area (Å²) in [5.41, 5.74) is 1.40. The van der Waals surface area contributed by atoms with Crippen LogP contribution in [0.1, 0.15) is 73.6 Å². The highest BCUT2D eigenvalue weighted by molar-refractivity contribution is 4.95. The zero-order valence-corrected chi connectivity index (χ0v) is 13.0. The molecule has 0 aromatic heterocycles. The second kappa shape index (κ2) is 7.79. The van der Waals surface area contributed by atoms with E-state index < -0.39 is 0 Å². The fourth-order valence-corrected chi connectivity index (χ4v) is 2.50. The SMILES string of the molecule is C=C(C)N(CCCCC(C)CCC)C(C)(C)C. The number of hydrogen-bond acceptors (Lipinski definition) is 1. The summed E-state index contributed by atoms with van der Waals surface area (Å²) in [7, 11) is 0. The van der Waals surface area contributed by atoms with Crippen molar-refractivity contribution in [1.82, 2.24) is 4.90 Å². The Bertz CT molecular complexity index is 212. The predicted octanol–water partition coefficient (Wildman–Crippen LogP) is 5.23. The molecule has 0 aliphatic carbocycles. The standard InChI is InChI=1S/C16H33N/c1-8-11-15(4)12-9-10-13-17(14(2)3)16(5,6)7/h15H,2,8-13H2,1,3-7H3. The third-order valence-electron chi connectivity index (χ3n) is 3.38. The van der Waals surface area contributed by atoms with Gasteiger partial charge in [0, 0.05) is 17.8 Å². The number of hydrogen-bond donors (Lipinski definition) is 0. The van der Waals surface area contributed by atoms with Crippen molar-refractivity contribution in [3.63, 3.8) is 0 Å². The number of rotatable bonds is 8. The van der Waals surface area contributed by atoms with Crippen molar-refractivity contribution in [2.45, 2.75) is 79.2 Å². The quantitative estimate of drug-likeness (QED) is 0.524. The Morgan fingerprint density at radius 1 is 1.18 bits per heavy atom. The lowest BCUT2D eigenvalue weighted by Gasteiger charge is -2.38. The molecule has 0 rings (SSSR count). The Morgan fingerprint density at radius 2 is 1.76 bits per heavy atom. The van der Waals surface area contributed by atoms with Crippen LogP contribution >= 0.6 is 0 Å². The molecule has 1 atom stereocenters. The van der Waals surface area contributed by atoms with Crippen LogP contribution in [-0.4, -0.2) is 17.0 Å². The van der Waals surface area contributed by atoms with Crippen LogP contribution in [0.4, 0.5) is 0 Å². The first-order valence-electron chi connectivity index (χ1n) is 7.22. The topological polar surface area (TPSA) is 3.24 Å². The fraction of sp³-hybridized carbons (Fsp3) is 0.875. The van der Waals surface area contributed by atoms with Crippen LogP contribution in [-0.2, 0) is 0 Å². The maximum Gasteiger partial charge on any atom is 0.0314 e. The highest BCUT2D eigenvalue weighted by atomic mass is 15.2. The van der Waals surface area contributed by atoms with Crippen molar-refractivity contribution in [3.05, 3.63) is 12.3 Å². The Balaban J connectivity index is 3.89. The molecule has 1 nitrogen and oxygen atoms in total. The molecule has 0 spiro atoms. The van der Waals surface area contributed by atoms with E-state index in [1.165, 1.54) is 37.8 Å². The van der Waals surface area contributed by atoms with Crippen LogP contribution in [0.5, 0.6) is 0 Å². The molecule has 1 heteroatoms. The van der Waals surface area contributed by atoms with Gasteiger partial charge in [0.1, 0.15) is 0 Å². The number of allylic oxidation sites excluding steroid dienone is 1. The van der Waals surface area contributed by atoms with Crippen LogP contribution in [0.3, 0.4) is 0 Å². The Morgan fingerprint density at radius 3 is 2.18 bits per heavy atom. The monoisotopic (exact) mass is 239 g/mol. The molecule has 0 aromatic rings. The molecule has 0 radical (unpaired) electrons. The van der Waals surface area contributed by atoms with Crippen LogP contribution in [0.25, 0.3) is 0 Å². The van der Waals surface area contributed by atoms with Crippen LogP contribution in [0, 0.1) is 5.92 Å². The highest BCUT2D eigenvalue weighted by Crippen LogP contribution is 2.20. The van der Waals surface area contributed by atoms with E-state index in [1.807, 2.05) is 0 Å². The van der Waals surface area contributed by atoms with Gasteiger partial charge in [-0.05, 0) is 40.0 Å². The van der Waals surface area contributed by atoms with E-state index in [2.05, 4.69) is 53.0 Å². The summed E-state index contributed by atoms with van der Waals surface area (Å²) in [6, 6.07) is 0. The van der Waals surface area contributed by atoms with Crippen molar-refractivity contribution in [2.75, 3.05) is 6.54 Å². The number of unbranched alkanes of at least 4 members (excludes halogenated alkanes) is 1. The summed E-state index contributed by atoms with van der Waals surface area (Å²) in [5, 5.41) is 0. The van der Waals surface area contributed by atoms with Crippen molar-refractivity contribution in [3.8, 4) is 0 Å². The molecule has 1 unspecified atom stereocenters. The van der Waals surface area contributed by atoms with Crippen molar-refractivity contribution in [2.24, 2.45) is 5.92 Å². The summed E-state index contributed by atoms with van der Waals surface area (Å²) in [6.07, 6.45) is 6.71. The lowest BCUT2D eigenvalue weighted by molar-refractivity contribution is 0.181. The molecule has 0 heterocycles. The minimum atomic E-state index is 0.209. The van der Waals surface area contributed by atoms with Gasteiger partial charge in [-0.25, -0.2) is 0 Å².